The van der Waals surface area contributed by atoms with Crippen LogP contribution in [0.3, 0.4) is 0 Å². The summed E-state index contributed by atoms with van der Waals surface area (Å²) in [6.07, 6.45) is 17.3. The van der Waals surface area contributed by atoms with Crippen LogP contribution in [0.4, 0.5) is 4.79 Å². The Bertz CT molecular complexity index is 1320. The Morgan fingerprint density at radius 2 is 1.73 bits per heavy atom. The number of amides is 4. The smallest absolute Gasteiger partial charge is 0.315 e. The predicted octanol–water partition coefficient (Wildman–Crippen LogP) is 5.66. The van der Waals surface area contributed by atoms with Crippen molar-refractivity contribution in [2.24, 2.45) is 39.7 Å². The van der Waals surface area contributed by atoms with Crippen LogP contribution < -0.4 is 21.3 Å². The fraction of sp³-hybridized carbons (Fsp3) is 0.816. The average Bonchev–Trinajstić information content (AvgIpc) is 3.74. The van der Waals surface area contributed by atoms with Gasteiger partial charge in [0.1, 0.15) is 5.78 Å². The van der Waals surface area contributed by atoms with Crippen molar-refractivity contribution in [2.75, 3.05) is 25.4 Å². The third-order valence-corrected chi connectivity index (χ3v) is 14.9. The lowest BCUT2D eigenvalue weighted by atomic mass is 9.46. The van der Waals surface area contributed by atoms with Gasteiger partial charge in [-0.3, -0.25) is 14.4 Å². The molecule has 0 aromatic heterocycles. The molecule has 11 heteroatoms. The Balaban J connectivity index is 0.810. The van der Waals surface area contributed by atoms with E-state index in [0.717, 1.165) is 81.6 Å². The number of ketones is 1. The first kappa shape index (κ1) is 36.2. The maximum atomic E-state index is 12.4. The number of Topliss-reactive ketones (excluding diaryl/α,β-unsaturated/α-hetero) is 1. The van der Waals surface area contributed by atoms with E-state index in [1.165, 1.54) is 31.3 Å². The monoisotopic (exact) mass is 697 g/mol. The second-order valence-electron chi connectivity index (χ2n) is 16.3. The molecule has 4 N–H and O–H groups in total. The molecule has 0 radical (unpaired) electrons. The number of oxime groups is 1. The zero-order chi connectivity index (χ0) is 34.6. The molecule has 2 saturated heterocycles. The number of fused-ring (bicyclic) bond motifs is 6. The molecule has 4 amide bonds. The van der Waals surface area contributed by atoms with Crippen LogP contribution in [-0.2, 0) is 19.2 Å². The molecular formula is C38H59N5O5S. The number of nitrogens with zero attached hydrogens (tertiary/aromatic N) is 1. The average molecular weight is 698 g/mol. The van der Waals surface area contributed by atoms with Crippen molar-refractivity contribution in [3.8, 4) is 0 Å². The van der Waals surface area contributed by atoms with Gasteiger partial charge >= 0.3 is 6.03 Å². The second-order valence-corrected chi connectivity index (χ2v) is 17.5. The highest BCUT2D eigenvalue weighted by Crippen LogP contribution is 2.66. The summed E-state index contributed by atoms with van der Waals surface area (Å²) >= 11 is 1.91. The second kappa shape index (κ2) is 15.8. The molecule has 0 bridgehead atoms. The molecule has 2 heterocycles. The van der Waals surface area contributed by atoms with Crippen LogP contribution in [0.25, 0.3) is 0 Å². The van der Waals surface area contributed by atoms with E-state index in [0.29, 0.717) is 42.4 Å². The van der Waals surface area contributed by atoms with Crippen molar-refractivity contribution in [2.45, 2.75) is 134 Å². The summed E-state index contributed by atoms with van der Waals surface area (Å²) in [6, 6.07) is 0.424. The zero-order valence-electron chi connectivity index (χ0n) is 30.0. The molecule has 6 rings (SSSR count). The van der Waals surface area contributed by atoms with Gasteiger partial charge in [-0.05, 0) is 125 Å². The SMILES string of the molecule is CC(=O)[C@H]1CC[C@H]2[C@@H]3CCC4=C/C(=N\OCC(=O)NCCCCCNC(=O)CCCC[C@H]5SC[C@H]6NC(=O)N[C@@H]65)CC[C@]4(C)[C@H]3CC[C@]12C. The molecule has 0 aromatic carbocycles. The van der Waals surface area contributed by atoms with Gasteiger partial charge in [-0.25, -0.2) is 4.79 Å². The van der Waals surface area contributed by atoms with Crippen LogP contribution in [0.2, 0.25) is 0 Å². The fourth-order valence-corrected chi connectivity index (χ4v) is 12.3. The summed E-state index contributed by atoms with van der Waals surface area (Å²) in [7, 11) is 0. The normalized spacial score (nSPS) is 36.8. The van der Waals surface area contributed by atoms with Gasteiger partial charge in [0.2, 0.25) is 5.91 Å². The van der Waals surface area contributed by atoms with E-state index in [4.69, 9.17) is 4.84 Å². The molecule has 9 atom stereocenters. The van der Waals surface area contributed by atoms with E-state index in [1.54, 1.807) is 6.92 Å². The molecule has 0 spiro atoms. The third-order valence-electron chi connectivity index (χ3n) is 13.4. The van der Waals surface area contributed by atoms with E-state index in [-0.39, 0.29) is 53.3 Å². The summed E-state index contributed by atoms with van der Waals surface area (Å²) < 4.78 is 0. The van der Waals surface area contributed by atoms with Gasteiger partial charge in [0.25, 0.3) is 5.91 Å². The first-order valence-electron chi connectivity index (χ1n) is 19.2. The minimum Gasteiger partial charge on any atom is -0.385 e. The number of rotatable bonds is 15. The summed E-state index contributed by atoms with van der Waals surface area (Å²) in [6.45, 7) is 7.85. The summed E-state index contributed by atoms with van der Waals surface area (Å²) in [4.78, 5) is 54.0. The highest BCUT2D eigenvalue weighted by atomic mass is 32.2. The number of thioether (sulfide) groups is 1. The van der Waals surface area contributed by atoms with Gasteiger partial charge in [-0.15, -0.1) is 0 Å². The maximum Gasteiger partial charge on any atom is 0.315 e. The fourth-order valence-electron chi connectivity index (χ4n) is 10.8. The van der Waals surface area contributed by atoms with Gasteiger partial charge in [0.15, 0.2) is 6.61 Å². The van der Waals surface area contributed by atoms with Gasteiger partial charge in [-0.1, -0.05) is 31.0 Å². The van der Waals surface area contributed by atoms with Gasteiger partial charge < -0.3 is 26.1 Å². The minimum atomic E-state index is -0.157. The highest BCUT2D eigenvalue weighted by molar-refractivity contribution is 8.00. The zero-order valence-corrected chi connectivity index (χ0v) is 30.8. The summed E-state index contributed by atoms with van der Waals surface area (Å²) in [5.41, 5.74) is 2.84. The van der Waals surface area contributed by atoms with Crippen LogP contribution in [-0.4, -0.2) is 72.1 Å². The molecule has 3 saturated carbocycles. The van der Waals surface area contributed by atoms with Gasteiger partial charge in [-0.2, -0.15) is 11.8 Å². The molecule has 49 heavy (non-hydrogen) atoms. The van der Waals surface area contributed by atoms with Crippen molar-refractivity contribution in [1.29, 1.82) is 0 Å². The van der Waals surface area contributed by atoms with Gasteiger partial charge in [0, 0.05) is 36.4 Å². The Morgan fingerprint density at radius 3 is 2.53 bits per heavy atom. The third kappa shape index (κ3) is 8.01. The van der Waals surface area contributed by atoms with Crippen molar-refractivity contribution in [3.05, 3.63) is 11.6 Å². The minimum absolute atomic E-state index is 0.0538. The van der Waals surface area contributed by atoms with Crippen LogP contribution in [0.15, 0.2) is 16.8 Å². The van der Waals surface area contributed by atoms with Crippen molar-refractivity contribution in [3.63, 3.8) is 0 Å². The van der Waals surface area contributed by atoms with E-state index in [9.17, 15) is 19.2 Å². The van der Waals surface area contributed by atoms with Crippen LogP contribution in [0.1, 0.15) is 117 Å². The standard InChI is InChI=1S/C38H59N5O5S/c1-24(44)28-13-14-29-27-12-11-25-21-26(15-17-37(25,2)30(27)16-18-38(28,29)3)43-48-22-34(46)40-20-8-4-7-19-39-33(45)10-6-5-9-32-35-31(23-49-32)41-36(47)42-35/h21,27-32,35H,4-20,22-23H2,1-3H3,(H,39,45)(H,40,46)(H2,41,42,47)/b43-26-/t27-,28+,29-,30-,31+,32+,35-,37-,38+/m0/s1. The van der Waals surface area contributed by atoms with Crippen LogP contribution in [0.5, 0.6) is 0 Å². The molecular weight excluding hydrogens is 639 g/mol. The Hall–Kier alpha value is -2.56. The molecule has 272 valence electrons. The molecule has 0 unspecified atom stereocenters. The van der Waals surface area contributed by atoms with E-state index >= 15 is 0 Å². The molecule has 10 nitrogen and oxygen atoms in total. The number of carbonyl (C=O) groups is 4. The van der Waals surface area contributed by atoms with Crippen LogP contribution >= 0.6 is 11.8 Å². The molecule has 4 aliphatic carbocycles. The number of hydrogen-bond acceptors (Lipinski definition) is 7. The first-order chi connectivity index (χ1) is 23.6. The topological polar surface area (TPSA) is 138 Å². The number of carbonyl (C=O) groups excluding carboxylic acids is 4. The van der Waals surface area contributed by atoms with E-state index in [2.05, 4.69) is 46.3 Å². The summed E-state index contributed by atoms with van der Waals surface area (Å²) in [5.74, 6) is 3.63. The highest BCUT2D eigenvalue weighted by Gasteiger charge is 2.59. The largest absolute Gasteiger partial charge is 0.385 e. The first-order valence-corrected chi connectivity index (χ1v) is 20.3. The van der Waals surface area contributed by atoms with Crippen molar-refractivity contribution >= 4 is 41.1 Å². The number of unbranched alkanes of at least 4 members (excludes halogenated alkanes) is 3. The summed E-state index contributed by atoms with van der Waals surface area (Å²) in [5, 5.41) is 16.7. The lowest BCUT2D eigenvalue weighted by Gasteiger charge is -2.58. The number of nitrogens with one attached hydrogen (secondary N) is 4. The molecule has 2 aliphatic heterocycles. The molecule has 0 aromatic rings. The Kier molecular flexibility index (Phi) is 11.7. The quantitative estimate of drug-likeness (QED) is 0.0991. The van der Waals surface area contributed by atoms with Crippen LogP contribution in [0, 0.1) is 34.5 Å². The Morgan fingerprint density at radius 1 is 0.939 bits per heavy atom. The number of allylic oxidation sites excluding steroid dienone is 2. The lowest BCUT2D eigenvalue weighted by Crippen LogP contribution is -2.51. The number of urea groups is 1. The Labute approximate surface area is 296 Å². The molecule has 6 aliphatic rings. The number of hydrogen-bond donors (Lipinski definition) is 4. The van der Waals surface area contributed by atoms with Crippen molar-refractivity contribution < 1.29 is 24.0 Å². The predicted molar refractivity (Wildman–Crippen MR) is 193 cm³/mol. The van der Waals surface area contributed by atoms with E-state index in [1.807, 2.05) is 11.8 Å². The van der Waals surface area contributed by atoms with E-state index < -0.39 is 0 Å². The maximum absolute atomic E-state index is 12.4. The lowest BCUT2D eigenvalue weighted by molar-refractivity contribution is -0.128. The van der Waals surface area contributed by atoms with Gasteiger partial charge in [0.05, 0.1) is 17.8 Å². The molecule has 5 fully saturated rings. The van der Waals surface area contributed by atoms with Crippen molar-refractivity contribution in [1.82, 2.24) is 21.3 Å².